The van der Waals surface area contributed by atoms with Crippen molar-refractivity contribution >= 4 is 6.41 Å². The summed E-state index contributed by atoms with van der Waals surface area (Å²) >= 11 is 0. The predicted octanol–water partition coefficient (Wildman–Crippen LogP) is 7.08. The minimum Gasteiger partial charge on any atom is -0.348 e. The summed E-state index contributed by atoms with van der Waals surface area (Å²) in [6.07, 6.45) is 28.4. The first-order valence-corrected chi connectivity index (χ1v) is 11.0. The highest BCUT2D eigenvalue weighted by Crippen LogP contribution is 2.14. The Labute approximate surface area is 152 Å². The zero-order valence-corrected chi connectivity index (χ0v) is 16.6. The highest BCUT2D eigenvalue weighted by atomic mass is 16.1. The Morgan fingerprint density at radius 3 is 1.08 bits per heavy atom. The van der Waals surface area contributed by atoms with Crippen molar-refractivity contribution in [1.29, 1.82) is 0 Å². The summed E-state index contributed by atoms with van der Waals surface area (Å²) in [5.74, 6) is 0. The van der Waals surface area contributed by atoms with E-state index in [2.05, 4.69) is 12.2 Å². The maximum atomic E-state index is 9.96. The minimum absolute atomic E-state index is 0.794. The van der Waals surface area contributed by atoms with Gasteiger partial charge in [0.1, 0.15) is 0 Å². The smallest absolute Gasteiger partial charge is 0.309 e. The predicted molar refractivity (Wildman–Crippen MR) is 107 cm³/mol. The molecule has 24 heavy (non-hydrogen) atoms. The minimum atomic E-state index is 0.794. The number of unbranched alkanes of at least 4 members (excludes halogenated alkanes) is 18. The summed E-state index contributed by atoms with van der Waals surface area (Å²) in [4.78, 5) is 9.96. The number of hydrogen-bond acceptors (Lipinski definition) is 1. The Hall–Kier alpha value is -0.530. The fraction of sp³-hybridized carbons (Fsp3) is 0.955. The lowest BCUT2D eigenvalue weighted by atomic mass is 10.0. The van der Waals surface area contributed by atoms with Gasteiger partial charge in [-0.05, 0) is 6.42 Å². The van der Waals surface area contributed by atoms with Crippen molar-refractivity contribution in [2.24, 2.45) is 0 Å². The van der Waals surface area contributed by atoms with Crippen LogP contribution in [0.3, 0.4) is 0 Å². The van der Waals surface area contributed by atoms with E-state index in [1.165, 1.54) is 116 Å². The van der Waals surface area contributed by atoms with Crippen LogP contribution in [0.15, 0.2) is 0 Å². The van der Waals surface area contributed by atoms with Crippen molar-refractivity contribution in [2.45, 2.75) is 129 Å². The Balaban J connectivity index is 2.94. The van der Waals surface area contributed by atoms with Gasteiger partial charge in [-0.1, -0.05) is 122 Å². The second-order valence-electron chi connectivity index (χ2n) is 7.39. The molecular formula is C22H44NO. The molecule has 2 nitrogen and oxygen atoms in total. The van der Waals surface area contributed by atoms with Crippen molar-refractivity contribution in [3.05, 3.63) is 0 Å². The van der Waals surface area contributed by atoms with Crippen LogP contribution in [0.5, 0.6) is 0 Å². The Kier molecular flexibility index (Phi) is 22.0. The van der Waals surface area contributed by atoms with Gasteiger partial charge in [0.2, 0.25) is 0 Å². The monoisotopic (exact) mass is 338 g/mol. The Morgan fingerprint density at radius 2 is 0.792 bits per heavy atom. The number of carbonyl (C=O) groups excluding carboxylic acids is 1. The van der Waals surface area contributed by atoms with Crippen molar-refractivity contribution in [2.75, 3.05) is 6.54 Å². The maximum absolute atomic E-state index is 9.96. The van der Waals surface area contributed by atoms with E-state index >= 15 is 0 Å². The van der Waals surface area contributed by atoms with Gasteiger partial charge < -0.3 is 5.32 Å². The van der Waals surface area contributed by atoms with E-state index in [1.807, 2.05) is 0 Å². The summed E-state index contributed by atoms with van der Waals surface area (Å²) in [6.45, 7) is 3.08. The molecule has 0 spiro atoms. The number of amides is 1. The second-order valence-corrected chi connectivity index (χ2v) is 7.39. The van der Waals surface area contributed by atoms with Crippen molar-refractivity contribution < 1.29 is 4.79 Å². The molecule has 0 aromatic heterocycles. The summed E-state index contributed by atoms with van der Waals surface area (Å²) in [6, 6.07) is 0. The van der Waals surface area contributed by atoms with E-state index in [9.17, 15) is 4.79 Å². The molecule has 0 atom stereocenters. The topological polar surface area (TPSA) is 29.1 Å². The van der Waals surface area contributed by atoms with Gasteiger partial charge >= 0.3 is 6.41 Å². The molecule has 0 aromatic rings. The molecule has 0 heterocycles. The fourth-order valence-corrected chi connectivity index (χ4v) is 3.34. The van der Waals surface area contributed by atoms with Crippen LogP contribution in [0.1, 0.15) is 129 Å². The van der Waals surface area contributed by atoms with Crippen LogP contribution in [0.2, 0.25) is 0 Å². The molecule has 0 rings (SSSR count). The highest BCUT2D eigenvalue weighted by Gasteiger charge is 1.95. The molecule has 0 aliphatic rings. The van der Waals surface area contributed by atoms with E-state index in [4.69, 9.17) is 0 Å². The van der Waals surface area contributed by atoms with Gasteiger partial charge in [0.15, 0.2) is 0 Å². The maximum Gasteiger partial charge on any atom is 0.309 e. The zero-order chi connectivity index (χ0) is 17.6. The van der Waals surface area contributed by atoms with E-state index in [-0.39, 0.29) is 0 Å². The average molecular weight is 339 g/mol. The molecule has 0 fully saturated rings. The van der Waals surface area contributed by atoms with Gasteiger partial charge in [-0.25, -0.2) is 0 Å². The molecule has 0 unspecified atom stereocenters. The lowest BCUT2D eigenvalue weighted by Crippen LogP contribution is -2.11. The van der Waals surface area contributed by atoms with Crippen molar-refractivity contribution in [3.63, 3.8) is 0 Å². The molecule has 0 saturated heterocycles. The van der Waals surface area contributed by atoms with Crippen molar-refractivity contribution in [3.8, 4) is 0 Å². The molecule has 0 aliphatic heterocycles. The molecule has 1 amide bonds. The third-order valence-corrected chi connectivity index (χ3v) is 4.98. The lowest BCUT2D eigenvalue weighted by Gasteiger charge is -2.04. The third kappa shape index (κ3) is 21.5. The number of rotatable bonds is 21. The summed E-state index contributed by atoms with van der Waals surface area (Å²) < 4.78 is 0. The first-order valence-electron chi connectivity index (χ1n) is 11.0. The van der Waals surface area contributed by atoms with Gasteiger partial charge in [0, 0.05) is 6.54 Å². The quantitative estimate of drug-likeness (QED) is 0.176. The molecule has 0 aromatic carbocycles. The third-order valence-electron chi connectivity index (χ3n) is 4.98. The van der Waals surface area contributed by atoms with Crippen LogP contribution in [0, 0.1) is 0 Å². The first-order chi connectivity index (χ1) is 11.9. The molecular weight excluding hydrogens is 294 g/mol. The lowest BCUT2D eigenvalue weighted by molar-refractivity contribution is 0.520. The van der Waals surface area contributed by atoms with Gasteiger partial charge in [-0.2, -0.15) is 0 Å². The molecule has 143 valence electrons. The van der Waals surface area contributed by atoms with Gasteiger partial charge in [0.05, 0.1) is 0 Å². The summed E-state index contributed by atoms with van der Waals surface area (Å²) in [5.41, 5.74) is 0. The van der Waals surface area contributed by atoms with Gasteiger partial charge in [0.25, 0.3) is 0 Å². The molecule has 0 saturated carbocycles. The van der Waals surface area contributed by atoms with E-state index in [0.29, 0.717) is 0 Å². The standard InChI is InChI=1S/C22H44NO/c1-2-3-4-5-6-7-8-9-10-11-12-13-14-15-16-17-18-19-20-21-23-22-24/h2-21H2,1H3,(H,23,24). The van der Waals surface area contributed by atoms with E-state index in [0.717, 1.165) is 13.0 Å². The average Bonchev–Trinajstić information content (AvgIpc) is 2.60. The normalized spacial score (nSPS) is 10.9. The van der Waals surface area contributed by atoms with E-state index < -0.39 is 0 Å². The van der Waals surface area contributed by atoms with Crippen LogP contribution in [0.25, 0.3) is 0 Å². The highest BCUT2D eigenvalue weighted by molar-refractivity contribution is 5.46. The molecule has 2 heteroatoms. The van der Waals surface area contributed by atoms with Crippen LogP contribution >= 0.6 is 0 Å². The van der Waals surface area contributed by atoms with Crippen LogP contribution in [0.4, 0.5) is 0 Å². The molecule has 0 bridgehead atoms. The summed E-state index contributed by atoms with van der Waals surface area (Å²) in [7, 11) is 0. The van der Waals surface area contributed by atoms with Gasteiger partial charge in [-0.15, -0.1) is 0 Å². The van der Waals surface area contributed by atoms with Crippen LogP contribution < -0.4 is 5.32 Å². The SMILES string of the molecule is CCCCCCCCCCCCCCCCCCCCCN[C]=O. The van der Waals surface area contributed by atoms with Crippen molar-refractivity contribution in [1.82, 2.24) is 5.32 Å². The summed E-state index contributed by atoms with van der Waals surface area (Å²) in [5, 5.41) is 2.60. The Morgan fingerprint density at radius 1 is 0.500 bits per heavy atom. The zero-order valence-electron chi connectivity index (χ0n) is 16.6. The van der Waals surface area contributed by atoms with Crippen LogP contribution in [-0.2, 0) is 4.79 Å². The number of nitrogens with one attached hydrogen (secondary N) is 1. The molecule has 1 radical (unpaired) electrons. The fourth-order valence-electron chi connectivity index (χ4n) is 3.34. The molecule has 1 N–H and O–H groups in total. The van der Waals surface area contributed by atoms with Crippen LogP contribution in [-0.4, -0.2) is 13.0 Å². The second kappa shape index (κ2) is 22.5. The Bertz CT molecular complexity index is 230. The number of hydrogen-bond donors (Lipinski definition) is 1. The molecule has 0 aliphatic carbocycles. The van der Waals surface area contributed by atoms with Gasteiger partial charge in [-0.3, -0.25) is 4.79 Å². The van der Waals surface area contributed by atoms with E-state index in [1.54, 1.807) is 6.41 Å². The largest absolute Gasteiger partial charge is 0.348 e. The first kappa shape index (κ1) is 23.5.